The van der Waals surface area contributed by atoms with Gasteiger partial charge in [-0.25, -0.2) is 0 Å². The predicted molar refractivity (Wildman–Crippen MR) is 48.8 cm³/mol. The molecule has 66 valence electrons. The summed E-state index contributed by atoms with van der Waals surface area (Å²) in [7, 11) is 0.401. The van der Waals surface area contributed by atoms with Crippen molar-refractivity contribution in [2.75, 3.05) is 0 Å². The molecule has 0 heterocycles. The van der Waals surface area contributed by atoms with E-state index in [4.69, 9.17) is 9.31 Å². The molecule has 3 heteroatoms. The zero-order chi connectivity index (χ0) is 8.91. The highest BCUT2D eigenvalue weighted by Crippen LogP contribution is 2.12. The molecule has 0 aromatic rings. The van der Waals surface area contributed by atoms with Gasteiger partial charge in [0, 0.05) is 11.7 Å². The Kier molecular flexibility index (Phi) is 4.77. The van der Waals surface area contributed by atoms with Crippen molar-refractivity contribution in [3.63, 3.8) is 0 Å². The Morgan fingerprint density at radius 2 is 1.91 bits per heavy atom. The molecule has 0 radical (unpaired) electrons. The van der Waals surface area contributed by atoms with Crippen LogP contribution in [-0.2, 0) is 9.31 Å². The van der Waals surface area contributed by atoms with E-state index in [1.54, 1.807) is 0 Å². The van der Waals surface area contributed by atoms with Crippen LogP contribution in [-0.4, -0.2) is 19.4 Å². The SMILES string of the molecule is CCC(C)(C)OBOC(C)C. The normalized spacial score (nSPS) is 12.2. The van der Waals surface area contributed by atoms with Crippen molar-refractivity contribution in [1.82, 2.24) is 0 Å². The number of hydrogen-bond donors (Lipinski definition) is 0. The third-order valence-corrected chi connectivity index (χ3v) is 1.70. The Morgan fingerprint density at radius 3 is 2.27 bits per heavy atom. The largest absolute Gasteiger partial charge is 0.438 e. The standard InChI is InChI=1S/C8H19BO2/c1-6-8(4,5)11-9-10-7(2)3/h7,9H,6H2,1-5H3. The summed E-state index contributed by atoms with van der Waals surface area (Å²) in [5.74, 6) is 0. The molecule has 11 heavy (non-hydrogen) atoms. The van der Waals surface area contributed by atoms with Crippen LogP contribution < -0.4 is 0 Å². The van der Waals surface area contributed by atoms with Crippen molar-refractivity contribution < 1.29 is 9.31 Å². The van der Waals surface area contributed by atoms with Gasteiger partial charge in [-0.05, 0) is 34.1 Å². The van der Waals surface area contributed by atoms with Crippen molar-refractivity contribution in [2.45, 2.75) is 52.7 Å². The van der Waals surface area contributed by atoms with Crippen molar-refractivity contribution in [3.05, 3.63) is 0 Å². The van der Waals surface area contributed by atoms with E-state index in [1.165, 1.54) is 0 Å². The molecule has 0 saturated heterocycles. The molecule has 2 nitrogen and oxygen atoms in total. The Bertz CT molecular complexity index is 102. The molecule has 0 saturated carbocycles. The lowest BCUT2D eigenvalue weighted by Gasteiger charge is -2.23. The molecule has 0 spiro atoms. The summed E-state index contributed by atoms with van der Waals surface area (Å²) in [6.45, 7) is 10.2. The molecule has 0 rings (SSSR count). The van der Waals surface area contributed by atoms with E-state index in [9.17, 15) is 0 Å². The van der Waals surface area contributed by atoms with Gasteiger partial charge < -0.3 is 9.31 Å². The monoisotopic (exact) mass is 158 g/mol. The fourth-order valence-electron chi connectivity index (χ4n) is 0.432. The van der Waals surface area contributed by atoms with Gasteiger partial charge in [0.15, 0.2) is 0 Å². The van der Waals surface area contributed by atoms with Gasteiger partial charge in [0.1, 0.15) is 0 Å². The molecule has 0 fully saturated rings. The van der Waals surface area contributed by atoms with Gasteiger partial charge in [-0.1, -0.05) is 6.92 Å². The second kappa shape index (κ2) is 4.78. The van der Waals surface area contributed by atoms with Crippen molar-refractivity contribution in [3.8, 4) is 0 Å². The van der Waals surface area contributed by atoms with E-state index in [2.05, 4.69) is 20.8 Å². The second-order valence-corrected chi connectivity index (χ2v) is 3.59. The van der Waals surface area contributed by atoms with E-state index in [-0.39, 0.29) is 11.7 Å². The smallest absolute Gasteiger partial charge is 0.412 e. The molecular formula is C8H19BO2. The Hall–Kier alpha value is -0.0151. The maximum absolute atomic E-state index is 5.47. The summed E-state index contributed by atoms with van der Waals surface area (Å²) in [6.07, 6.45) is 1.26. The topological polar surface area (TPSA) is 18.5 Å². The van der Waals surface area contributed by atoms with Gasteiger partial charge in [-0.2, -0.15) is 0 Å². The van der Waals surface area contributed by atoms with Crippen LogP contribution in [0, 0.1) is 0 Å². The van der Waals surface area contributed by atoms with Crippen LogP contribution in [0.4, 0.5) is 0 Å². The van der Waals surface area contributed by atoms with E-state index in [0.717, 1.165) is 6.42 Å². The first-order valence-electron chi connectivity index (χ1n) is 4.23. The summed E-state index contributed by atoms with van der Waals surface area (Å²) in [5.41, 5.74) is -0.0467. The van der Waals surface area contributed by atoms with Gasteiger partial charge in [0.05, 0.1) is 0 Å². The van der Waals surface area contributed by atoms with Crippen LogP contribution in [0.2, 0.25) is 0 Å². The van der Waals surface area contributed by atoms with Gasteiger partial charge >= 0.3 is 7.69 Å². The fourth-order valence-corrected chi connectivity index (χ4v) is 0.432. The first-order valence-corrected chi connectivity index (χ1v) is 4.23. The third-order valence-electron chi connectivity index (χ3n) is 1.70. The van der Waals surface area contributed by atoms with E-state index < -0.39 is 0 Å². The molecule has 0 aromatic heterocycles. The zero-order valence-corrected chi connectivity index (χ0v) is 8.31. The van der Waals surface area contributed by atoms with Crippen LogP contribution in [0.15, 0.2) is 0 Å². The molecule has 0 bridgehead atoms. The van der Waals surface area contributed by atoms with Crippen LogP contribution in [0.3, 0.4) is 0 Å². The molecule has 0 aliphatic heterocycles. The van der Waals surface area contributed by atoms with E-state index >= 15 is 0 Å². The minimum absolute atomic E-state index is 0.0467. The maximum atomic E-state index is 5.47. The predicted octanol–water partition coefficient (Wildman–Crippen LogP) is 1.88. The van der Waals surface area contributed by atoms with E-state index in [0.29, 0.717) is 7.69 Å². The molecule has 0 amide bonds. The highest BCUT2D eigenvalue weighted by atomic mass is 16.6. The summed E-state index contributed by atoms with van der Waals surface area (Å²) >= 11 is 0. The molecule has 0 aliphatic rings. The van der Waals surface area contributed by atoms with Gasteiger partial charge in [0.25, 0.3) is 0 Å². The average Bonchev–Trinajstić information content (AvgIpc) is 1.87. The van der Waals surface area contributed by atoms with Crippen LogP contribution in [0.25, 0.3) is 0 Å². The highest BCUT2D eigenvalue weighted by Gasteiger charge is 2.15. The Labute approximate surface area is 70.6 Å². The minimum Gasteiger partial charge on any atom is -0.412 e. The molecular weight excluding hydrogens is 139 g/mol. The van der Waals surface area contributed by atoms with Crippen LogP contribution in [0.5, 0.6) is 0 Å². The van der Waals surface area contributed by atoms with Crippen molar-refractivity contribution >= 4 is 7.69 Å². The minimum atomic E-state index is -0.0467. The molecule has 0 aromatic carbocycles. The van der Waals surface area contributed by atoms with Crippen LogP contribution in [0.1, 0.15) is 41.0 Å². The summed E-state index contributed by atoms with van der Waals surface area (Å²) in [5, 5.41) is 0. The second-order valence-electron chi connectivity index (χ2n) is 3.59. The maximum Gasteiger partial charge on any atom is 0.438 e. The summed E-state index contributed by atoms with van der Waals surface area (Å²) in [6, 6.07) is 0. The van der Waals surface area contributed by atoms with Crippen molar-refractivity contribution in [2.24, 2.45) is 0 Å². The highest BCUT2D eigenvalue weighted by molar-refractivity contribution is 6.18. The molecule has 0 atom stereocenters. The lowest BCUT2D eigenvalue weighted by Crippen LogP contribution is -2.27. The Morgan fingerprint density at radius 1 is 1.36 bits per heavy atom. The Balaban J connectivity index is 3.38. The quantitative estimate of drug-likeness (QED) is 0.568. The van der Waals surface area contributed by atoms with E-state index in [1.807, 2.05) is 13.8 Å². The number of rotatable bonds is 5. The molecule has 0 unspecified atom stereocenters. The molecule has 0 N–H and O–H groups in total. The average molecular weight is 158 g/mol. The fraction of sp³-hybridized carbons (Fsp3) is 1.00. The van der Waals surface area contributed by atoms with Crippen molar-refractivity contribution in [1.29, 1.82) is 0 Å². The van der Waals surface area contributed by atoms with Gasteiger partial charge in [-0.3, -0.25) is 0 Å². The summed E-state index contributed by atoms with van der Waals surface area (Å²) < 4.78 is 10.7. The first kappa shape index (κ1) is 11.0. The third kappa shape index (κ3) is 6.39. The number of hydrogen-bond acceptors (Lipinski definition) is 2. The lowest BCUT2D eigenvalue weighted by atomic mass is 10.1. The van der Waals surface area contributed by atoms with Gasteiger partial charge in [0.2, 0.25) is 0 Å². The lowest BCUT2D eigenvalue weighted by molar-refractivity contribution is 0.0676. The molecule has 0 aliphatic carbocycles. The first-order chi connectivity index (χ1) is 4.98. The summed E-state index contributed by atoms with van der Waals surface area (Å²) in [4.78, 5) is 0. The van der Waals surface area contributed by atoms with Crippen LogP contribution >= 0.6 is 0 Å². The van der Waals surface area contributed by atoms with Gasteiger partial charge in [-0.15, -0.1) is 0 Å². The zero-order valence-electron chi connectivity index (χ0n) is 8.31.